The van der Waals surface area contributed by atoms with Crippen LogP contribution in [-0.2, 0) is 4.79 Å². The summed E-state index contributed by atoms with van der Waals surface area (Å²) in [4.78, 5) is 9.56. The van der Waals surface area contributed by atoms with E-state index in [4.69, 9.17) is 5.26 Å². The molecule has 0 saturated carbocycles. The van der Waals surface area contributed by atoms with Crippen LogP contribution in [0.15, 0.2) is 12.2 Å². The summed E-state index contributed by atoms with van der Waals surface area (Å²) in [6.45, 7) is 3.58. The zero-order valence-electron chi connectivity index (χ0n) is 4.35. The van der Waals surface area contributed by atoms with Crippen molar-refractivity contribution >= 4 is 6.41 Å². The van der Waals surface area contributed by atoms with Crippen molar-refractivity contribution < 1.29 is 4.79 Å². The normalized spacial score (nSPS) is 6.88. The predicted molar refractivity (Wildman–Crippen MR) is 28.8 cm³/mol. The molecule has 0 unspecified atom stereocenters. The second-order valence-electron chi connectivity index (χ2n) is 1.21. The van der Waals surface area contributed by atoms with Crippen molar-refractivity contribution in [1.82, 2.24) is 5.32 Å². The van der Waals surface area contributed by atoms with E-state index >= 15 is 0 Å². The van der Waals surface area contributed by atoms with Gasteiger partial charge in [0.1, 0.15) is 0 Å². The number of hydrogen-bond donors (Lipinski definition) is 1. The van der Waals surface area contributed by atoms with Gasteiger partial charge in [-0.2, -0.15) is 5.26 Å². The van der Waals surface area contributed by atoms with Crippen LogP contribution in [0.3, 0.4) is 0 Å². The summed E-state index contributed by atoms with van der Waals surface area (Å²) in [6.07, 6.45) is 0.530. The van der Waals surface area contributed by atoms with Crippen molar-refractivity contribution in [1.29, 1.82) is 5.26 Å². The zero-order valence-corrected chi connectivity index (χ0v) is 4.35. The first-order chi connectivity index (χ1) is 3.81. The highest BCUT2D eigenvalue weighted by Gasteiger charge is 1.84. The molecule has 0 saturated heterocycles. The van der Waals surface area contributed by atoms with Crippen LogP contribution in [0.25, 0.3) is 0 Å². The van der Waals surface area contributed by atoms with Gasteiger partial charge in [0.15, 0.2) is 0 Å². The maximum Gasteiger partial charge on any atom is 0.207 e. The molecule has 0 radical (unpaired) electrons. The SMILES string of the molecule is C=C(C#N)CNC=O. The van der Waals surface area contributed by atoms with Crippen molar-refractivity contribution in [3.05, 3.63) is 12.2 Å². The van der Waals surface area contributed by atoms with E-state index in [2.05, 4.69) is 11.9 Å². The van der Waals surface area contributed by atoms with Crippen molar-refractivity contribution in [2.45, 2.75) is 0 Å². The molecule has 42 valence electrons. The number of nitrogens with zero attached hydrogens (tertiary/aromatic N) is 1. The summed E-state index contributed by atoms with van der Waals surface area (Å²) < 4.78 is 0. The maximum atomic E-state index is 9.56. The van der Waals surface area contributed by atoms with E-state index in [1.165, 1.54) is 0 Å². The van der Waals surface area contributed by atoms with Gasteiger partial charge in [0.05, 0.1) is 12.6 Å². The number of amides is 1. The van der Waals surface area contributed by atoms with Gasteiger partial charge in [-0.25, -0.2) is 0 Å². The van der Waals surface area contributed by atoms with Crippen LogP contribution in [0.5, 0.6) is 0 Å². The molecule has 0 aromatic heterocycles. The lowest BCUT2D eigenvalue weighted by molar-refractivity contribution is -0.109. The summed E-state index contributed by atoms with van der Waals surface area (Å²) >= 11 is 0. The van der Waals surface area contributed by atoms with Crippen molar-refractivity contribution in [3.63, 3.8) is 0 Å². The first-order valence-corrected chi connectivity index (χ1v) is 2.06. The average Bonchev–Trinajstić information content (AvgIpc) is 1.83. The minimum atomic E-state index is 0.250. The fourth-order valence-corrected chi connectivity index (χ4v) is 0.204. The van der Waals surface area contributed by atoms with Crippen molar-refractivity contribution in [3.8, 4) is 6.07 Å². The lowest BCUT2D eigenvalue weighted by Crippen LogP contribution is -2.12. The van der Waals surface area contributed by atoms with E-state index in [9.17, 15) is 4.79 Å². The fourth-order valence-electron chi connectivity index (χ4n) is 0.204. The van der Waals surface area contributed by atoms with Crippen LogP contribution < -0.4 is 5.32 Å². The lowest BCUT2D eigenvalue weighted by Gasteiger charge is -1.89. The largest absolute Gasteiger partial charge is 0.354 e. The molecular weight excluding hydrogens is 104 g/mol. The van der Waals surface area contributed by atoms with E-state index in [0.717, 1.165) is 0 Å². The van der Waals surface area contributed by atoms with Gasteiger partial charge in [0.2, 0.25) is 6.41 Å². The highest BCUT2D eigenvalue weighted by molar-refractivity contribution is 5.47. The molecule has 0 aromatic rings. The van der Waals surface area contributed by atoms with Gasteiger partial charge in [-0.3, -0.25) is 4.79 Å². The Balaban J connectivity index is 3.29. The molecule has 0 heterocycles. The molecule has 8 heavy (non-hydrogen) atoms. The minimum absolute atomic E-state index is 0.250. The Hall–Kier alpha value is -1.30. The molecule has 3 heteroatoms. The summed E-state index contributed by atoms with van der Waals surface area (Å²) in [6, 6.07) is 1.78. The number of nitriles is 1. The molecular formula is C5H6N2O. The highest BCUT2D eigenvalue weighted by atomic mass is 16.1. The maximum absolute atomic E-state index is 9.56. The molecule has 0 aliphatic heterocycles. The summed E-state index contributed by atoms with van der Waals surface area (Å²) in [5.74, 6) is 0. The van der Waals surface area contributed by atoms with Gasteiger partial charge in [0, 0.05) is 5.57 Å². The van der Waals surface area contributed by atoms with Crippen LogP contribution in [0.4, 0.5) is 0 Å². The average molecular weight is 110 g/mol. The van der Waals surface area contributed by atoms with Gasteiger partial charge in [-0.15, -0.1) is 0 Å². The van der Waals surface area contributed by atoms with Gasteiger partial charge in [-0.1, -0.05) is 6.58 Å². The third-order valence-corrected chi connectivity index (χ3v) is 0.557. The van der Waals surface area contributed by atoms with Crippen LogP contribution >= 0.6 is 0 Å². The topological polar surface area (TPSA) is 52.9 Å². The monoisotopic (exact) mass is 110 g/mol. The Labute approximate surface area is 47.6 Å². The lowest BCUT2D eigenvalue weighted by atomic mass is 10.3. The first kappa shape index (κ1) is 6.70. The summed E-state index contributed by atoms with van der Waals surface area (Å²) in [5.41, 5.74) is 0.358. The third kappa shape index (κ3) is 2.91. The molecule has 0 rings (SSSR count). The minimum Gasteiger partial charge on any atom is -0.354 e. The van der Waals surface area contributed by atoms with E-state index in [0.29, 0.717) is 12.0 Å². The van der Waals surface area contributed by atoms with E-state index in [1.807, 2.05) is 0 Å². The van der Waals surface area contributed by atoms with E-state index in [-0.39, 0.29) is 6.54 Å². The Bertz CT molecular complexity index is 134. The summed E-state index contributed by atoms with van der Waals surface area (Å²) in [7, 11) is 0. The second-order valence-corrected chi connectivity index (χ2v) is 1.21. The second kappa shape index (κ2) is 3.88. The molecule has 0 aromatic carbocycles. The predicted octanol–water partition coefficient (Wildman–Crippen LogP) is -0.188. The Kier molecular flexibility index (Phi) is 3.25. The van der Waals surface area contributed by atoms with Crippen LogP contribution in [0.2, 0.25) is 0 Å². The molecule has 1 amide bonds. The van der Waals surface area contributed by atoms with Crippen LogP contribution in [0.1, 0.15) is 0 Å². The zero-order chi connectivity index (χ0) is 6.41. The van der Waals surface area contributed by atoms with Crippen molar-refractivity contribution in [2.75, 3.05) is 6.54 Å². The number of carbonyl (C=O) groups is 1. The highest BCUT2D eigenvalue weighted by Crippen LogP contribution is 1.78. The van der Waals surface area contributed by atoms with Gasteiger partial charge >= 0.3 is 0 Å². The van der Waals surface area contributed by atoms with Gasteiger partial charge in [0.25, 0.3) is 0 Å². The van der Waals surface area contributed by atoms with Gasteiger partial charge < -0.3 is 5.32 Å². The number of hydrogen-bond acceptors (Lipinski definition) is 2. The van der Waals surface area contributed by atoms with E-state index in [1.54, 1.807) is 6.07 Å². The standard InChI is InChI=1S/C5H6N2O/c1-5(2-6)3-7-4-8/h4H,1,3H2,(H,7,8). The quantitative estimate of drug-likeness (QED) is 0.404. The molecule has 0 bridgehead atoms. The van der Waals surface area contributed by atoms with Gasteiger partial charge in [-0.05, 0) is 0 Å². The molecule has 3 nitrogen and oxygen atoms in total. The summed E-state index contributed by atoms with van der Waals surface area (Å²) in [5, 5.41) is 10.4. The Morgan fingerprint density at radius 3 is 3.00 bits per heavy atom. The van der Waals surface area contributed by atoms with E-state index < -0.39 is 0 Å². The molecule has 0 aliphatic rings. The molecule has 1 N–H and O–H groups in total. The molecule has 0 aliphatic carbocycles. The fraction of sp³-hybridized carbons (Fsp3) is 0.200. The molecule has 0 atom stereocenters. The number of rotatable bonds is 3. The number of carbonyl (C=O) groups excluding carboxylic acids is 1. The molecule has 0 spiro atoms. The van der Waals surface area contributed by atoms with Crippen LogP contribution in [-0.4, -0.2) is 13.0 Å². The third-order valence-electron chi connectivity index (χ3n) is 0.557. The first-order valence-electron chi connectivity index (χ1n) is 2.06. The van der Waals surface area contributed by atoms with Crippen LogP contribution in [0, 0.1) is 11.3 Å². The number of nitrogens with one attached hydrogen (secondary N) is 1. The smallest absolute Gasteiger partial charge is 0.207 e. The Morgan fingerprint density at radius 1 is 2.00 bits per heavy atom. The molecule has 0 fully saturated rings. The Morgan fingerprint density at radius 2 is 2.62 bits per heavy atom. The van der Waals surface area contributed by atoms with Crippen molar-refractivity contribution in [2.24, 2.45) is 0 Å².